The van der Waals surface area contributed by atoms with E-state index in [0.717, 1.165) is 29.8 Å². The first-order valence-corrected chi connectivity index (χ1v) is 13.0. The van der Waals surface area contributed by atoms with Crippen LogP contribution in [0.5, 0.6) is 0 Å². The summed E-state index contributed by atoms with van der Waals surface area (Å²) in [5, 5.41) is 1.32. The highest BCUT2D eigenvalue weighted by atomic mass is 35.5. The first-order chi connectivity index (χ1) is 14.9. The van der Waals surface area contributed by atoms with Crippen molar-refractivity contribution in [3.63, 3.8) is 0 Å². The molecule has 1 saturated heterocycles. The van der Waals surface area contributed by atoms with Crippen molar-refractivity contribution >= 4 is 49.1 Å². The predicted molar refractivity (Wildman–Crippen MR) is 124 cm³/mol. The van der Waals surface area contributed by atoms with E-state index in [1.165, 1.54) is 15.1 Å². The van der Waals surface area contributed by atoms with E-state index >= 15 is 0 Å². The molecule has 31 heavy (non-hydrogen) atoms. The van der Waals surface area contributed by atoms with Gasteiger partial charge in [0.15, 0.2) is 0 Å². The molecular weight excluding hydrogens is 454 g/mol. The molecule has 3 aromatic rings. The topological polar surface area (TPSA) is 70.6 Å². The first kappa shape index (κ1) is 22.2. The zero-order valence-electron chi connectivity index (χ0n) is 17.0. The van der Waals surface area contributed by atoms with E-state index in [0.29, 0.717) is 19.5 Å². The number of benzene rings is 2. The number of fused-ring (bicyclic) bond motifs is 1. The van der Waals surface area contributed by atoms with Crippen molar-refractivity contribution < 1.29 is 13.2 Å². The fourth-order valence-electron chi connectivity index (χ4n) is 3.71. The van der Waals surface area contributed by atoms with Crippen LogP contribution in [0.15, 0.2) is 53.4 Å². The number of aromatic nitrogens is 1. The number of nitrogens with zero attached hydrogens (tertiary/aromatic N) is 3. The highest BCUT2D eigenvalue weighted by Gasteiger charge is 2.31. The number of carbonyl (C=O) groups is 1. The highest BCUT2D eigenvalue weighted by Crippen LogP contribution is 2.25. The zero-order chi connectivity index (χ0) is 21.8. The number of piperazine rings is 1. The fourth-order valence-corrected chi connectivity index (χ4v) is 6.63. The largest absolute Gasteiger partial charge is 0.340 e. The Morgan fingerprint density at radius 1 is 1.00 bits per heavy atom. The molecule has 1 aliphatic rings. The maximum absolute atomic E-state index is 12.8. The van der Waals surface area contributed by atoms with E-state index in [1.807, 2.05) is 18.2 Å². The summed E-state index contributed by atoms with van der Waals surface area (Å²) in [5.74, 6) is 0.0825. The summed E-state index contributed by atoms with van der Waals surface area (Å²) in [5.41, 5.74) is 1.03. The van der Waals surface area contributed by atoms with Gasteiger partial charge in [-0.2, -0.15) is 4.31 Å². The molecule has 4 rings (SSSR count). The summed E-state index contributed by atoms with van der Waals surface area (Å²) >= 11 is 7.78. The van der Waals surface area contributed by atoms with Gasteiger partial charge in [0.05, 0.1) is 20.2 Å². The maximum Gasteiger partial charge on any atom is 0.244 e. The van der Waals surface area contributed by atoms with Crippen molar-refractivity contribution in [1.29, 1.82) is 0 Å². The number of hydrogen-bond acceptors (Lipinski definition) is 5. The Hall–Kier alpha value is -2.00. The average molecular weight is 478 g/mol. The number of hydrogen-bond donors (Lipinski definition) is 0. The SMILES string of the molecule is O=C(CCCCc1nc2ccccc2s1)N1CCN(S(=O)(=O)c2ccccc2Cl)CC1. The summed E-state index contributed by atoms with van der Waals surface area (Å²) in [4.78, 5) is 19.1. The summed E-state index contributed by atoms with van der Waals surface area (Å²) in [6.45, 7) is 1.37. The molecule has 0 bridgehead atoms. The standard InChI is InChI=1S/C22H24ClN3O3S2/c23-17-7-1-4-10-20(17)31(28,29)26-15-13-25(14-16-26)22(27)12-6-5-11-21-24-18-8-2-3-9-19(18)30-21/h1-4,7-10H,5-6,11-16H2. The second kappa shape index (κ2) is 9.65. The van der Waals surface area contributed by atoms with Gasteiger partial charge in [-0.15, -0.1) is 11.3 Å². The number of sulfonamides is 1. The summed E-state index contributed by atoms with van der Waals surface area (Å²) in [6.07, 6.45) is 3.05. The van der Waals surface area contributed by atoms with Crippen molar-refractivity contribution in [2.24, 2.45) is 0 Å². The molecule has 0 spiro atoms. The van der Waals surface area contributed by atoms with Crippen molar-refractivity contribution in [3.05, 3.63) is 58.6 Å². The molecule has 0 unspecified atom stereocenters. The third-order valence-corrected chi connectivity index (χ3v) is 8.91. The molecule has 0 atom stereocenters. The molecule has 6 nitrogen and oxygen atoms in total. The van der Waals surface area contributed by atoms with Crippen LogP contribution in [0.3, 0.4) is 0 Å². The lowest BCUT2D eigenvalue weighted by molar-refractivity contribution is -0.132. The molecule has 0 N–H and O–H groups in total. The molecule has 1 fully saturated rings. The minimum atomic E-state index is -3.65. The monoisotopic (exact) mass is 477 g/mol. The Morgan fingerprint density at radius 2 is 1.71 bits per heavy atom. The quantitative estimate of drug-likeness (QED) is 0.478. The molecule has 0 aliphatic carbocycles. The van der Waals surface area contributed by atoms with Gasteiger partial charge >= 0.3 is 0 Å². The Bertz CT molecular complexity index is 1140. The van der Waals surface area contributed by atoms with Crippen LogP contribution < -0.4 is 0 Å². The van der Waals surface area contributed by atoms with Gasteiger partial charge in [0, 0.05) is 32.6 Å². The van der Waals surface area contributed by atoms with Gasteiger partial charge in [-0.1, -0.05) is 35.9 Å². The van der Waals surface area contributed by atoms with Crippen molar-refractivity contribution in [3.8, 4) is 0 Å². The van der Waals surface area contributed by atoms with E-state index in [2.05, 4.69) is 11.1 Å². The second-order valence-corrected chi connectivity index (χ2v) is 10.9. The van der Waals surface area contributed by atoms with Crippen LogP contribution in [0.2, 0.25) is 5.02 Å². The predicted octanol–water partition coefficient (Wildman–Crippen LogP) is 4.20. The Balaban J connectivity index is 1.23. The second-order valence-electron chi connectivity index (χ2n) is 7.50. The number of halogens is 1. The number of carbonyl (C=O) groups excluding carboxylic acids is 1. The van der Waals surface area contributed by atoms with Crippen molar-refractivity contribution in [2.75, 3.05) is 26.2 Å². The third kappa shape index (κ3) is 5.09. The van der Waals surface area contributed by atoms with Crippen LogP contribution in [0, 0.1) is 0 Å². The molecule has 2 aromatic carbocycles. The molecule has 164 valence electrons. The molecule has 0 radical (unpaired) electrons. The van der Waals surface area contributed by atoms with E-state index in [-0.39, 0.29) is 28.9 Å². The minimum Gasteiger partial charge on any atom is -0.340 e. The molecule has 1 aliphatic heterocycles. The van der Waals surface area contributed by atoms with Gasteiger partial charge in [-0.3, -0.25) is 4.79 Å². The van der Waals surface area contributed by atoms with Crippen LogP contribution in [-0.4, -0.2) is 54.7 Å². The van der Waals surface area contributed by atoms with Crippen LogP contribution in [-0.2, 0) is 21.2 Å². The van der Waals surface area contributed by atoms with E-state index in [9.17, 15) is 13.2 Å². The highest BCUT2D eigenvalue weighted by molar-refractivity contribution is 7.89. The normalized spacial score (nSPS) is 15.5. The molecule has 0 saturated carbocycles. The lowest BCUT2D eigenvalue weighted by atomic mass is 10.1. The number of thiazole rings is 1. The van der Waals surface area contributed by atoms with Gasteiger partial charge < -0.3 is 4.90 Å². The first-order valence-electron chi connectivity index (χ1n) is 10.3. The average Bonchev–Trinajstić information content (AvgIpc) is 3.20. The number of para-hydroxylation sites is 1. The summed E-state index contributed by atoms with van der Waals surface area (Å²) in [6, 6.07) is 14.5. The fraction of sp³-hybridized carbons (Fsp3) is 0.364. The van der Waals surface area contributed by atoms with Crippen LogP contribution in [0.1, 0.15) is 24.3 Å². The van der Waals surface area contributed by atoms with Gasteiger partial charge in [-0.25, -0.2) is 13.4 Å². The third-order valence-electron chi connectivity index (χ3n) is 5.42. The van der Waals surface area contributed by atoms with E-state index in [4.69, 9.17) is 11.6 Å². The van der Waals surface area contributed by atoms with Gasteiger partial charge in [0.25, 0.3) is 0 Å². The molecular formula is C22H24ClN3O3S2. The van der Waals surface area contributed by atoms with Gasteiger partial charge in [-0.05, 0) is 43.5 Å². The number of unbranched alkanes of at least 4 members (excludes halogenated alkanes) is 1. The lowest BCUT2D eigenvalue weighted by Gasteiger charge is -2.34. The summed E-state index contributed by atoms with van der Waals surface area (Å²) in [7, 11) is -3.65. The molecule has 9 heteroatoms. The number of aryl methyl sites for hydroxylation is 1. The summed E-state index contributed by atoms with van der Waals surface area (Å²) < 4.78 is 28.3. The number of rotatable bonds is 7. The lowest BCUT2D eigenvalue weighted by Crippen LogP contribution is -2.50. The van der Waals surface area contributed by atoms with Gasteiger partial charge in [0.2, 0.25) is 15.9 Å². The smallest absolute Gasteiger partial charge is 0.244 e. The maximum atomic E-state index is 12.8. The van der Waals surface area contributed by atoms with E-state index < -0.39 is 10.0 Å². The Kier molecular flexibility index (Phi) is 6.91. The van der Waals surface area contributed by atoms with Crippen LogP contribution in [0.4, 0.5) is 0 Å². The molecule has 1 amide bonds. The van der Waals surface area contributed by atoms with Crippen molar-refractivity contribution in [1.82, 2.24) is 14.2 Å². The van der Waals surface area contributed by atoms with Crippen LogP contribution in [0.25, 0.3) is 10.2 Å². The molecule has 1 aromatic heterocycles. The van der Waals surface area contributed by atoms with Crippen LogP contribution >= 0.6 is 22.9 Å². The zero-order valence-corrected chi connectivity index (χ0v) is 19.4. The van der Waals surface area contributed by atoms with Gasteiger partial charge in [0.1, 0.15) is 4.90 Å². The van der Waals surface area contributed by atoms with Crippen molar-refractivity contribution in [2.45, 2.75) is 30.6 Å². The Labute approximate surface area is 191 Å². The minimum absolute atomic E-state index is 0.0825. The number of amides is 1. The Morgan fingerprint density at radius 3 is 2.45 bits per heavy atom. The van der Waals surface area contributed by atoms with E-state index in [1.54, 1.807) is 34.4 Å². The molecule has 2 heterocycles.